The first-order valence-corrected chi connectivity index (χ1v) is 8.03. The topological polar surface area (TPSA) is 18.5 Å². The van der Waals surface area contributed by atoms with Crippen molar-refractivity contribution < 1.29 is 9.47 Å². The van der Waals surface area contributed by atoms with E-state index in [9.17, 15) is 0 Å². The second kappa shape index (κ2) is 16.9. The van der Waals surface area contributed by atoms with Gasteiger partial charge in [0, 0.05) is 13.2 Å². The first kappa shape index (κ1) is 19.9. The van der Waals surface area contributed by atoms with E-state index in [0.717, 1.165) is 51.7 Å². The van der Waals surface area contributed by atoms with Crippen molar-refractivity contribution in [3.05, 3.63) is 50.1 Å². The zero-order valence-corrected chi connectivity index (χ0v) is 13.5. The van der Waals surface area contributed by atoms with Crippen molar-refractivity contribution in [1.29, 1.82) is 0 Å². The number of hydrogen-bond donors (Lipinski definition) is 0. The third-order valence-corrected chi connectivity index (χ3v) is 3.08. The number of ether oxygens (including phenoxy) is 2. The van der Waals surface area contributed by atoms with Crippen LogP contribution in [0.2, 0.25) is 0 Å². The highest BCUT2D eigenvalue weighted by Crippen LogP contribution is 2.07. The van der Waals surface area contributed by atoms with E-state index in [0.29, 0.717) is 6.61 Å². The molecular weight excluding hydrogens is 260 g/mol. The van der Waals surface area contributed by atoms with E-state index in [4.69, 9.17) is 9.47 Å². The Kier molecular flexibility index (Phi) is 16.0. The fourth-order valence-corrected chi connectivity index (χ4v) is 1.85. The van der Waals surface area contributed by atoms with E-state index >= 15 is 0 Å². The fourth-order valence-electron chi connectivity index (χ4n) is 1.85. The minimum absolute atomic E-state index is 0.162. The second-order valence-corrected chi connectivity index (χ2v) is 4.98. The van der Waals surface area contributed by atoms with Crippen molar-refractivity contribution in [2.45, 2.75) is 51.0 Å². The van der Waals surface area contributed by atoms with E-state index in [1.54, 1.807) is 0 Å². The molecule has 0 aromatic rings. The van der Waals surface area contributed by atoms with Crippen molar-refractivity contribution in [3.8, 4) is 0 Å². The van der Waals surface area contributed by atoms with Crippen LogP contribution in [0.25, 0.3) is 0 Å². The molecular formula is C19H32O2. The molecule has 0 rings (SSSR count). The first-order chi connectivity index (χ1) is 10.3. The third kappa shape index (κ3) is 15.1. The van der Waals surface area contributed by atoms with Gasteiger partial charge < -0.3 is 9.47 Å². The van der Waals surface area contributed by atoms with Crippen LogP contribution in [0.5, 0.6) is 0 Å². The molecule has 0 spiro atoms. The average Bonchev–Trinajstić information content (AvgIpc) is 2.51. The van der Waals surface area contributed by atoms with Gasteiger partial charge in [0.2, 0.25) is 0 Å². The summed E-state index contributed by atoms with van der Waals surface area (Å²) in [6.45, 7) is 13.4. The van der Waals surface area contributed by atoms with E-state index in [2.05, 4.69) is 31.9 Å². The van der Waals surface area contributed by atoms with Crippen LogP contribution in [0, 0.1) is 0 Å². The molecule has 120 valence electrons. The molecule has 0 fully saturated rings. The van der Waals surface area contributed by atoms with Crippen molar-refractivity contribution >= 4 is 0 Å². The van der Waals surface area contributed by atoms with E-state index < -0.39 is 0 Å². The minimum atomic E-state index is 0.162. The summed E-state index contributed by atoms with van der Waals surface area (Å²) in [4.78, 5) is 0. The molecule has 0 aromatic heterocycles. The maximum Gasteiger partial charge on any atom is 0.0753 e. The van der Waals surface area contributed by atoms with Gasteiger partial charge in [-0.1, -0.05) is 30.4 Å². The Labute approximate surface area is 131 Å². The van der Waals surface area contributed by atoms with Gasteiger partial charge in [-0.3, -0.25) is 0 Å². The van der Waals surface area contributed by atoms with Crippen LogP contribution in [0.1, 0.15) is 44.9 Å². The van der Waals surface area contributed by atoms with Crippen LogP contribution in [-0.4, -0.2) is 25.9 Å². The van der Waals surface area contributed by atoms with Crippen molar-refractivity contribution in [3.63, 3.8) is 0 Å². The van der Waals surface area contributed by atoms with Crippen LogP contribution in [-0.2, 0) is 9.47 Å². The zero-order chi connectivity index (χ0) is 15.6. The van der Waals surface area contributed by atoms with Gasteiger partial charge in [-0.15, -0.1) is 19.7 Å². The van der Waals surface area contributed by atoms with Gasteiger partial charge >= 0.3 is 0 Å². The Balaban J connectivity index is 3.35. The molecule has 0 heterocycles. The molecule has 0 amide bonds. The van der Waals surface area contributed by atoms with E-state index in [-0.39, 0.29) is 6.10 Å². The summed E-state index contributed by atoms with van der Waals surface area (Å²) in [5.41, 5.74) is 0. The fraction of sp³-hybridized carbons (Fsp3) is 0.579. The molecule has 1 unspecified atom stereocenters. The smallest absolute Gasteiger partial charge is 0.0753 e. The number of allylic oxidation sites excluding steroid dienone is 3. The summed E-state index contributed by atoms with van der Waals surface area (Å²) in [5, 5.41) is 0. The number of rotatable bonds is 16. The third-order valence-electron chi connectivity index (χ3n) is 3.08. The summed E-state index contributed by atoms with van der Waals surface area (Å²) in [6.07, 6.45) is 17.6. The van der Waals surface area contributed by atoms with Crippen molar-refractivity contribution in [1.82, 2.24) is 0 Å². The molecule has 0 N–H and O–H groups in total. The Morgan fingerprint density at radius 2 is 1.57 bits per heavy atom. The Morgan fingerprint density at radius 3 is 2.29 bits per heavy atom. The van der Waals surface area contributed by atoms with Crippen LogP contribution in [0.15, 0.2) is 50.1 Å². The molecule has 0 aliphatic heterocycles. The minimum Gasteiger partial charge on any atom is -0.377 e. The molecule has 0 aromatic carbocycles. The lowest BCUT2D eigenvalue weighted by Crippen LogP contribution is -2.11. The van der Waals surface area contributed by atoms with Crippen molar-refractivity contribution in [2.75, 3.05) is 19.8 Å². The highest BCUT2D eigenvalue weighted by atomic mass is 16.5. The molecule has 0 aliphatic rings. The number of unbranched alkanes of at least 4 members (excludes halogenated alkanes) is 3. The zero-order valence-electron chi connectivity index (χ0n) is 13.5. The molecule has 2 nitrogen and oxygen atoms in total. The van der Waals surface area contributed by atoms with Gasteiger partial charge in [-0.25, -0.2) is 0 Å². The summed E-state index contributed by atoms with van der Waals surface area (Å²) < 4.78 is 11.3. The van der Waals surface area contributed by atoms with E-state index in [1.165, 1.54) is 6.42 Å². The summed E-state index contributed by atoms with van der Waals surface area (Å²) in [6, 6.07) is 0. The standard InChI is InChI=1S/C19H32O2/c1-4-7-9-10-11-13-16-20-17-14-18-21-19(6-3)15-12-8-5-2/h4-6,11,13,19H,1-3,7-10,12,14-18H2/b13-11+. The van der Waals surface area contributed by atoms with Crippen LogP contribution < -0.4 is 0 Å². The van der Waals surface area contributed by atoms with Crippen LogP contribution in [0.4, 0.5) is 0 Å². The molecule has 1 atom stereocenters. The average molecular weight is 292 g/mol. The molecule has 0 bridgehead atoms. The molecule has 0 saturated heterocycles. The highest BCUT2D eigenvalue weighted by Gasteiger charge is 2.02. The van der Waals surface area contributed by atoms with E-state index in [1.807, 2.05) is 18.2 Å². The summed E-state index contributed by atoms with van der Waals surface area (Å²) in [7, 11) is 0. The highest BCUT2D eigenvalue weighted by molar-refractivity contribution is 4.82. The maximum atomic E-state index is 5.75. The van der Waals surface area contributed by atoms with Gasteiger partial charge in [0.25, 0.3) is 0 Å². The Morgan fingerprint density at radius 1 is 0.810 bits per heavy atom. The SMILES string of the molecule is C=CCCC/C=C/COCCCOC(C=C)CCCC=C. The lowest BCUT2D eigenvalue weighted by molar-refractivity contribution is 0.0563. The second-order valence-electron chi connectivity index (χ2n) is 4.98. The quantitative estimate of drug-likeness (QED) is 0.286. The van der Waals surface area contributed by atoms with Crippen LogP contribution >= 0.6 is 0 Å². The maximum absolute atomic E-state index is 5.75. The van der Waals surface area contributed by atoms with Gasteiger partial charge in [-0.2, -0.15) is 0 Å². The van der Waals surface area contributed by atoms with Crippen molar-refractivity contribution in [2.24, 2.45) is 0 Å². The lowest BCUT2D eigenvalue weighted by atomic mass is 10.1. The molecule has 2 heteroatoms. The molecule has 0 saturated carbocycles. The van der Waals surface area contributed by atoms with Gasteiger partial charge in [0.15, 0.2) is 0 Å². The lowest BCUT2D eigenvalue weighted by Gasteiger charge is -2.13. The molecule has 0 radical (unpaired) electrons. The normalized spacial score (nSPS) is 12.4. The Hall–Kier alpha value is -1.12. The first-order valence-electron chi connectivity index (χ1n) is 8.03. The van der Waals surface area contributed by atoms with Gasteiger partial charge in [0.05, 0.1) is 12.7 Å². The molecule has 0 aliphatic carbocycles. The summed E-state index contributed by atoms with van der Waals surface area (Å²) >= 11 is 0. The van der Waals surface area contributed by atoms with Crippen LogP contribution in [0.3, 0.4) is 0 Å². The Bertz CT molecular complexity index is 281. The predicted octanol–water partition coefficient (Wildman–Crippen LogP) is 5.23. The monoisotopic (exact) mass is 292 g/mol. The summed E-state index contributed by atoms with van der Waals surface area (Å²) in [5.74, 6) is 0. The molecule has 21 heavy (non-hydrogen) atoms. The largest absolute Gasteiger partial charge is 0.377 e. The van der Waals surface area contributed by atoms with Gasteiger partial charge in [-0.05, 0) is 44.9 Å². The van der Waals surface area contributed by atoms with Gasteiger partial charge in [0.1, 0.15) is 0 Å². The predicted molar refractivity (Wildman–Crippen MR) is 92.6 cm³/mol. The number of hydrogen-bond acceptors (Lipinski definition) is 2.